The Morgan fingerprint density at radius 2 is 2.07 bits per heavy atom. The van der Waals surface area contributed by atoms with Crippen molar-refractivity contribution in [2.75, 3.05) is 19.0 Å². The Morgan fingerprint density at radius 3 is 2.81 bits per heavy atom. The largest absolute Gasteiger partial charge is 0.381 e. The minimum atomic E-state index is -1.02. The van der Waals surface area contributed by atoms with Gasteiger partial charge in [0.25, 0.3) is 0 Å². The Morgan fingerprint density at radius 1 is 1.26 bits per heavy atom. The van der Waals surface area contributed by atoms with Gasteiger partial charge >= 0.3 is 0 Å². The third kappa shape index (κ3) is 4.32. The van der Waals surface area contributed by atoms with Gasteiger partial charge < -0.3 is 10.1 Å². The number of thioether (sulfide) groups is 1. The molecule has 2 heterocycles. The Kier molecular flexibility index (Phi) is 5.73. The summed E-state index contributed by atoms with van der Waals surface area (Å²) >= 11 is 1.73. The number of hydrogen-bond acceptors (Lipinski definition) is 5. The van der Waals surface area contributed by atoms with Crippen molar-refractivity contribution < 1.29 is 18.3 Å². The molecule has 1 N–H and O–H groups in total. The van der Waals surface area contributed by atoms with Crippen LogP contribution in [0.4, 0.5) is 8.78 Å². The van der Waals surface area contributed by atoms with E-state index >= 15 is 0 Å². The fraction of sp³-hybridized carbons (Fsp3) is 0.632. The van der Waals surface area contributed by atoms with Crippen LogP contribution in [0.15, 0.2) is 33.7 Å². The van der Waals surface area contributed by atoms with Crippen LogP contribution in [0.25, 0.3) is 0 Å². The molecule has 0 spiro atoms. The molecule has 2 aliphatic carbocycles. The van der Waals surface area contributed by atoms with E-state index in [9.17, 15) is 13.6 Å². The number of hydrogen-bond donors (Lipinski definition) is 1. The number of fused-ring (bicyclic) bond motifs is 1. The second-order valence-electron chi connectivity index (χ2n) is 7.27. The van der Waals surface area contributed by atoms with Crippen LogP contribution in [0.2, 0.25) is 0 Å². The summed E-state index contributed by atoms with van der Waals surface area (Å²) in [6, 6.07) is -0.428. The minimum absolute atomic E-state index is 0.355. The molecule has 0 aromatic heterocycles. The molecule has 8 heteroatoms. The molecule has 0 aromatic carbocycles. The number of nitrogens with one attached hydrogen (secondary N) is 1. The number of halogens is 2. The molecular weight excluding hydrogens is 372 g/mol. The van der Waals surface area contributed by atoms with Crippen LogP contribution < -0.4 is 5.32 Å². The molecule has 4 rings (SSSR count). The summed E-state index contributed by atoms with van der Waals surface area (Å²) in [5.41, 5.74) is 0.719. The molecule has 1 amide bonds. The van der Waals surface area contributed by atoms with Gasteiger partial charge in [-0.3, -0.25) is 9.79 Å². The lowest BCUT2D eigenvalue weighted by Crippen LogP contribution is -2.43. The maximum Gasteiger partial charge on any atom is 0.241 e. The number of rotatable bonds is 4. The highest BCUT2D eigenvalue weighted by atomic mass is 32.2. The summed E-state index contributed by atoms with van der Waals surface area (Å²) in [6.07, 6.45) is 5.81. The molecule has 0 aromatic rings. The first-order valence-corrected chi connectivity index (χ1v) is 10.5. The predicted octanol–water partition coefficient (Wildman–Crippen LogP) is 3.13. The van der Waals surface area contributed by atoms with E-state index in [4.69, 9.17) is 4.74 Å². The van der Waals surface area contributed by atoms with E-state index in [0.717, 1.165) is 32.5 Å². The van der Waals surface area contributed by atoms with Gasteiger partial charge in [-0.1, -0.05) is 0 Å². The quantitative estimate of drug-likeness (QED) is 0.796. The maximum atomic E-state index is 14.5. The average molecular weight is 395 g/mol. The molecule has 146 valence electrons. The first kappa shape index (κ1) is 18.8. The number of aliphatic imine (C=N–C) groups is 2. The Bertz CT molecular complexity index is 728. The molecule has 0 radical (unpaired) electrons. The number of amides is 1. The number of ether oxygens (including phenoxy) is 1. The number of nitrogens with zero attached hydrogens (tertiary/aromatic N) is 2. The lowest BCUT2D eigenvalue weighted by Gasteiger charge is -2.27. The minimum Gasteiger partial charge on any atom is -0.381 e. The van der Waals surface area contributed by atoms with Crippen molar-refractivity contribution in [3.63, 3.8) is 0 Å². The van der Waals surface area contributed by atoms with Gasteiger partial charge in [0.2, 0.25) is 5.91 Å². The van der Waals surface area contributed by atoms with Crippen molar-refractivity contribution in [1.82, 2.24) is 5.32 Å². The highest BCUT2D eigenvalue weighted by Crippen LogP contribution is 2.32. The fourth-order valence-electron chi connectivity index (χ4n) is 3.81. The maximum absolute atomic E-state index is 14.5. The van der Waals surface area contributed by atoms with E-state index in [1.807, 2.05) is 0 Å². The lowest BCUT2D eigenvalue weighted by atomic mass is 9.94. The van der Waals surface area contributed by atoms with Crippen molar-refractivity contribution >= 4 is 29.2 Å². The van der Waals surface area contributed by atoms with E-state index in [2.05, 4.69) is 15.3 Å². The second kappa shape index (κ2) is 8.22. The highest BCUT2D eigenvalue weighted by Gasteiger charge is 2.36. The van der Waals surface area contributed by atoms with Crippen LogP contribution >= 0.6 is 11.8 Å². The summed E-state index contributed by atoms with van der Waals surface area (Å²) in [5, 5.41) is 3.20. The Labute approximate surface area is 161 Å². The second-order valence-corrected chi connectivity index (χ2v) is 8.56. The molecule has 27 heavy (non-hydrogen) atoms. The van der Waals surface area contributed by atoms with E-state index in [1.165, 1.54) is 6.08 Å². The predicted molar refractivity (Wildman–Crippen MR) is 103 cm³/mol. The molecule has 1 saturated heterocycles. The summed E-state index contributed by atoms with van der Waals surface area (Å²) in [7, 11) is 0. The molecule has 2 fully saturated rings. The SMILES string of the molecule is O=C1NC(CSC2CCOCC2)=NC2=CC(=N[C@H]3CCC[C@@H]3F)C=C(F)C12. The van der Waals surface area contributed by atoms with Crippen molar-refractivity contribution in [2.45, 2.75) is 49.6 Å². The molecule has 5 nitrogen and oxygen atoms in total. The zero-order valence-corrected chi connectivity index (χ0v) is 15.8. The number of allylic oxidation sites excluding steroid dienone is 2. The van der Waals surface area contributed by atoms with Crippen LogP contribution in [0.1, 0.15) is 32.1 Å². The smallest absolute Gasteiger partial charge is 0.241 e. The Hall–Kier alpha value is -1.54. The molecule has 1 unspecified atom stereocenters. The Balaban J connectivity index is 1.50. The van der Waals surface area contributed by atoms with Crippen LogP contribution in [0, 0.1) is 5.92 Å². The lowest BCUT2D eigenvalue weighted by molar-refractivity contribution is -0.122. The van der Waals surface area contributed by atoms with Crippen molar-refractivity contribution in [3.05, 3.63) is 23.7 Å². The topological polar surface area (TPSA) is 63.0 Å². The van der Waals surface area contributed by atoms with Gasteiger partial charge in [-0.15, -0.1) is 0 Å². The van der Waals surface area contributed by atoms with E-state index in [0.29, 0.717) is 41.1 Å². The van der Waals surface area contributed by atoms with E-state index < -0.39 is 29.9 Å². The van der Waals surface area contributed by atoms with Gasteiger partial charge in [-0.2, -0.15) is 11.8 Å². The average Bonchev–Trinajstić information content (AvgIpc) is 3.05. The summed E-state index contributed by atoms with van der Waals surface area (Å²) in [6.45, 7) is 1.52. The number of carbonyl (C=O) groups excluding carboxylic acids is 1. The van der Waals surface area contributed by atoms with Crippen molar-refractivity contribution in [2.24, 2.45) is 15.9 Å². The van der Waals surface area contributed by atoms with Gasteiger partial charge in [-0.25, -0.2) is 13.8 Å². The number of amidine groups is 1. The first-order valence-electron chi connectivity index (χ1n) is 9.48. The number of alkyl halides is 1. The fourth-order valence-corrected chi connectivity index (χ4v) is 4.87. The molecule has 0 bridgehead atoms. The van der Waals surface area contributed by atoms with Crippen LogP contribution in [-0.2, 0) is 9.53 Å². The number of carbonyl (C=O) groups is 1. The van der Waals surface area contributed by atoms with Gasteiger partial charge in [0.1, 0.15) is 23.8 Å². The van der Waals surface area contributed by atoms with E-state index in [-0.39, 0.29) is 0 Å². The molecular formula is C19H23F2N3O2S. The molecule has 3 atom stereocenters. The third-order valence-electron chi connectivity index (χ3n) is 5.28. The third-order valence-corrected chi connectivity index (χ3v) is 6.67. The molecule has 4 aliphatic rings. The van der Waals surface area contributed by atoms with Crippen LogP contribution in [0.5, 0.6) is 0 Å². The van der Waals surface area contributed by atoms with Gasteiger partial charge in [0.05, 0.1) is 23.2 Å². The molecule has 2 aliphatic heterocycles. The monoisotopic (exact) mass is 395 g/mol. The van der Waals surface area contributed by atoms with Gasteiger partial charge in [0.15, 0.2) is 0 Å². The zero-order valence-electron chi connectivity index (χ0n) is 15.0. The summed E-state index contributed by atoms with van der Waals surface area (Å²) in [4.78, 5) is 21.2. The standard InChI is InChI=1S/C19H23F2N3O2S/c20-13-2-1-3-15(13)22-11-8-14(21)18-16(9-11)23-17(24-19(18)25)10-27-12-4-6-26-7-5-12/h8-9,12-13,15,18H,1-7,10H2,(H,23,24,25)/t13-,15-,18?/m0/s1. The van der Waals surface area contributed by atoms with Crippen LogP contribution in [-0.4, -0.2) is 53.9 Å². The van der Waals surface area contributed by atoms with E-state index in [1.54, 1.807) is 17.8 Å². The zero-order chi connectivity index (χ0) is 18.8. The summed E-state index contributed by atoms with van der Waals surface area (Å²) in [5.74, 6) is -0.913. The highest BCUT2D eigenvalue weighted by molar-refractivity contribution is 8.00. The van der Waals surface area contributed by atoms with Crippen molar-refractivity contribution in [1.29, 1.82) is 0 Å². The van der Waals surface area contributed by atoms with Gasteiger partial charge in [-0.05, 0) is 44.3 Å². The molecule has 1 saturated carbocycles. The first-order chi connectivity index (χ1) is 13.1. The van der Waals surface area contributed by atoms with Crippen LogP contribution in [0.3, 0.4) is 0 Å². The summed E-state index contributed by atoms with van der Waals surface area (Å²) < 4.78 is 33.7. The van der Waals surface area contributed by atoms with Crippen molar-refractivity contribution in [3.8, 4) is 0 Å². The van der Waals surface area contributed by atoms with Gasteiger partial charge in [0, 0.05) is 18.5 Å². The normalized spacial score (nSPS) is 33.3.